The first-order valence-corrected chi connectivity index (χ1v) is 11.2. The first kappa shape index (κ1) is 23.8. The molecule has 4 rings (SSSR count). The van der Waals surface area contributed by atoms with Gasteiger partial charge in [-0.25, -0.2) is 9.97 Å². The minimum Gasteiger partial charge on any atom is -0.483 e. The van der Waals surface area contributed by atoms with E-state index < -0.39 is 0 Å². The van der Waals surface area contributed by atoms with Gasteiger partial charge in [-0.15, -0.1) is 12.4 Å². The SMILES string of the molecule is Cc1ccccc1OCC(=O)N(CCCn1ccnc1)c1nc2c(C)c(C)ccc2s1.Cl. The number of thiazole rings is 1. The Hall–Kier alpha value is -2.90. The van der Waals surface area contributed by atoms with Gasteiger partial charge in [0.05, 0.1) is 16.5 Å². The van der Waals surface area contributed by atoms with Crippen LogP contribution in [0.5, 0.6) is 5.75 Å². The number of halogens is 1. The molecule has 0 bridgehead atoms. The molecule has 0 radical (unpaired) electrons. The number of rotatable bonds is 8. The molecule has 0 aliphatic rings. The maximum atomic E-state index is 13.2. The second-order valence-electron chi connectivity index (χ2n) is 7.60. The number of anilines is 1. The number of hydrogen-bond acceptors (Lipinski definition) is 5. The molecular weight excluding hydrogens is 444 g/mol. The number of aryl methyl sites for hydroxylation is 4. The Morgan fingerprint density at radius 2 is 1.94 bits per heavy atom. The number of benzene rings is 2. The van der Waals surface area contributed by atoms with Gasteiger partial charge in [-0.05, 0) is 56.0 Å². The Morgan fingerprint density at radius 3 is 2.69 bits per heavy atom. The average Bonchev–Trinajstić information content (AvgIpc) is 3.43. The topological polar surface area (TPSA) is 60.2 Å². The van der Waals surface area contributed by atoms with Gasteiger partial charge in [0.1, 0.15) is 5.75 Å². The minimum absolute atomic E-state index is 0. The number of para-hydroxylation sites is 1. The van der Waals surface area contributed by atoms with E-state index in [2.05, 4.69) is 31.0 Å². The molecule has 0 saturated carbocycles. The maximum absolute atomic E-state index is 13.2. The van der Waals surface area contributed by atoms with E-state index in [1.54, 1.807) is 28.8 Å². The Kier molecular flexibility index (Phi) is 7.88. The molecule has 8 heteroatoms. The van der Waals surface area contributed by atoms with Crippen LogP contribution < -0.4 is 9.64 Å². The van der Waals surface area contributed by atoms with E-state index in [4.69, 9.17) is 9.72 Å². The summed E-state index contributed by atoms with van der Waals surface area (Å²) in [7, 11) is 0. The summed E-state index contributed by atoms with van der Waals surface area (Å²) < 4.78 is 8.94. The molecule has 6 nitrogen and oxygen atoms in total. The highest BCUT2D eigenvalue weighted by atomic mass is 35.5. The Bertz CT molecular complexity index is 1190. The molecule has 2 heterocycles. The lowest BCUT2D eigenvalue weighted by Crippen LogP contribution is -2.36. The number of nitrogens with zero attached hydrogens (tertiary/aromatic N) is 4. The summed E-state index contributed by atoms with van der Waals surface area (Å²) in [5.41, 5.74) is 4.33. The predicted octanol–water partition coefficient (Wildman–Crippen LogP) is 5.34. The lowest BCUT2D eigenvalue weighted by Gasteiger charge is -2.20. The molecule has 0 aliphatic heterocycles. The summed E-state index contributed by atoms with van der Waals surface area (Å²) in [6, 6.07) is 11.9. The van der Waals surface area contributed by atoms with Gasteiger partial charge in [0.15, 0.2) is 11.7 Å². The van der Waals surface area contributed by atoms with Crippen LogP contribution in [-0.4, -0.2) is 33.6 Å². The molecular formula is C24H27ClN4O2S. The number of hydrogen-bond donors (Lipinski definition) is 0. The van der Waals surface area contributed by atoms with Crippen molar-refractivity contribution in [2.45, 2.75) is 33.7 Å². The van der Waals surface area contributed by atoms with Gasteiger partial charge in [0.25, 0.3) is 5.91 Å². The summed E-state index contributed by atoms with van der Waals surface area (Å²) in [4.78, 5) is 23.9. The van der Waals surface area contributed by atoms with E-state index in [1.807, 2.05) is 42.0 Å². The predicted molar refractivity (Wildman–Crippen MR) is 132 cm³/mol. The summed E-state index contributed by atoms with van der Waals surface area (Å²) in [6.07, 6.45) is 6.27. The van der Waals surface area contributed by atoms with E-state index in [-0.39, 0.29) is 24.9 Å². The Morgan fingerprint density at radius 1 is 1.12 bits per heavy atom. The molecule has 0 fully saturated rings. The Balaban J connectivity index is 0.00000289. The fourth-order valence-corrected chi connectivity index (χ4v) is 4.49. The highest BCUT2D eigenvalue weighted by Gasteiger charge is 2.21. The van der Waals surface area contributed by atoms with Crippen LogP contribution in [0.2, 0.25) is 0 Å². The molecule has 32 heavy (non-hydrogen) atoms. The van der Waals surface area contributed by atoms with E-state index in [0.717, 1.165) is 40.1 Å². The molecule has 0 unspecified atom stereocenters. The zero-order chi connectivity index (χ0) is 21.8. The van der Waals surface area contributed by atoms with Gasteiger partial charge in [-0.3, -0.25) is 9.69 Å². The zero-order valence-electron chi connectivity index (χ0n) is 18.4. The quantitative estimate of drug-likeness (QED) is 0.348. The molecule has 0 aliphatic carbocycles. The Labute approximate surface area is 198 Å². The van der Waals surface area contributed by atoms with Crippen molar-refractivity contribution in [2.75, 3.05) is 18.1 Å². The fraction of sp³-hybridized carbons (Fsp3) is 0.292. The summed E-state index contributed by atoms with van der Waals surface area (Å²) in [5, 5.41) is 0.715. The molecule has 0 spiro atoms. The average molecular weight is 471 g/mol. The third-order valence-electron chi connectivity index (χ3n) is 5.41. The molecule has 0 N–H and O–H groups in total. The van der Waals surface area contributed by atoms with Crippen molar-refractivity contribution in [1.29, 1.82) is 0 Å². The van der Waals surface area contributed by atoms with Gasteiger partial charge in [-0.1, -0.05) is 35.6 Å². The van der Waals surface area contributed by atoms with Gasteiger partial charge < -0.3 is 9.30 Å². The maximum Gasteiger partial charge on any atom is 0.266 e. The van der Waals surface area contributed by atoms with Crippen LogP contribution in [-0.2, 0) is 11.3 Å². The first-order valence-electron chi connectivity index (χ1n) is 10.3. The molecule has 4 aromatic rings. The van der Waals surface area contributed by atoms with Crippen molar-refractivity contribution in [3.8, 4) is 5.75 Å². The summed E-state index contributed by atoms with van der Waals surface area (Å²) >= 11 is 1.55. The highest BCUT2D eigenvalue weighted by molar-refractivity contribution is 7.22. The second-order valence-corrected chi connectivity index (χ2v) is 8.61. The lowest BCUT2D eigenvalue weighted by atomic mass is 10.1. The van der Waals surface area contributed by atoms with Crippen molar-refractivity contribution in [2.24, 2.45) is 0 Å². The standard InChI is InChI=1S/C24H26N4O2S.ClH/c1-17-9-10-21-23(19(17)3)26-24(31-21)28(13-6-12-27-14-11-25-16-27)22(29)15-30-20-8-5-4-7-18(20)2;/h4-5,7-11,14,16H,6,12-13,15H2,1-3H3;1H. The van der Waals surface area contributed by atoms with Gasteiger partial charge >= 0.3 is 0 Å². The molecule has 1 amide bonds. The van der Waals surface area contributed by atoms with E-state index >= 15 is 0 Å². The monoisotopic (exact) mass is 470 g/mol. The van der Waals surface area contributed by atoms with Crippen LogP contribution in [0.15, 0.2) is 55.1 Å². The van der Waals surface area contributed by atoms with Crippen molar-refractivity contribution in [3.05, 3.63) is 71.8 Å². The molecule has 0 atom stereocenters. The smallest absolute Gasteiger partial charge is 0.266 e. The van der Waals surface area contributed by atoms with Crippen molar-refractivity contribution in [3.63, 3.8) is 0 Å². The third-order valence-corrected chi connectivity index (χ3v) is 6.45. The third kappa shape index (κ3) is 5.29. The van der Waals surface area contributed by atoms with Crippen LogP contribution in [0.3, 0.4) is 0 Å². The fourth-order valence-electron chi connectivity index (χ4n) is 3.42. The van der Waals surface area contributed by atoms with E-state index in [1.165, 1.54) is 5.56 Å². The van der Waals surface area contributed by atoms with E-state index in [0.29, 0.717) is 11.7 Å². The molecule has 0 saturated heterocycles. The van der Waals surface area contributed by atoms with Gasteiger partial charge in [0.2, 0.25) is 0 Å². The lowest BCUT2D eigenvalue weighted by molar-refractivity contribution is -0.120. The number of fused-ring (bicyclic) bond motifs is 1. The van der Waals surface area contributed by atoms with Crippen LogP contribution in [0.1, 0.15) is 23.1 Å². The molecule has 2 aromatic carbocycles. The number of imidazole rings is 1. The number of ether oxygens (including phenoxy) is 1. The minimum atomic E-state index is -0.0951. The van der Waals surface area contributed by atoms with Crippen LogP contribution in [0, 0.1) is 20.8 Å². The van der Waals surface area contributed by atoms with Crippen LogP contribution >= 0.6 is 23.7 Å². The van der Waals surface area contributed by atoms with Crippen LogP contribution in [0.4, 0.5) is 5.13 Å². The van der Waals surface area contributed by atoms with E-state index in [9.17, 15) is 4.79 Å². The van der Waals surface area contributed by atoms with Crippen molar-refractivity contribution < 1.29 is 9.53 Å². The first-order chi connectivity index (χ1) is 15.0. The number of carbonyl (C=O) groups is 1. The normalized spacial score (nSPS) is 10.7. The van der Waals surface area contributed by atoms with Gasteiger partial charge in [0, 0.05) is 25.5 Å². The number of carbonyl (C=O) groups excluding carboxylic acids is 1. The van der Waals surface area contributed by atoms with Crippen molar-refractivity contribution >= 4 is 45.0 Å². The second kappa shape index (κ2) is 10.6. The summed E-state index contributed by atoms with van der Waals surface area (Å²) in [5.74, 6) is 0.632. The van der Waals surface area contributed by atoms with Crippen LogP contribution in [0.25, 0.3) is 10.2 Å². The molecule has 168 valence electrons. The molecule has 2 aromatic heterocycles. The zero-order valence-corrected chi connectivity index (χ0v) is 20.1. The number of aromatic nitrogens is 3. The van der Waals surface area contributed by atoms with Crippen molar-refractivity contribution in [1.82, 2.24) is 14.5 Å². The highest BCUT2D eigenvalue weighted by Crippen LogP contribution is 2.32. The largest absolute Gasteiger partial charge is 0.483 e. The van der Waals surface area contributed by atoms with Gasteiger partial charge in [-0.2, -0.15) is 0 Å². The number of amides is 1. The summed E-state index contributed by atoms with van der Waals surface area (Å²) in [6.45, 7) is 7.45.